The zero-order chi connectivity index (χ0) is 13.1. The molecule has 0 atom stereocenters. The van der Waals surface area contributed by atoms with E-state index in [1.807, 2.05) is 0 Å². The molecule has 0 aliphatic heterocycles. The fourth-order valence-electron chi connectivity index (χ4n) is 1.54. The monoisotopic (exact) mass is 311 g/mol. The largest absolute Gasteiger partial charge is 0.294 e. The van der Waals surface area contributed by atoms with Crippen molar-refractivity contribution in [2.24, 2.45) is 0 Å². The van der Waals surface area contributed by atoms with E-state index in [4.69, 9.17) is 0 Å². The second-order valence-corrected chi connectivity index (χ2v) is 4.49. The van der Waals surface area contributed by atoms with Crippen molar-refractivity contribution in [1.29, 1.82) is 0 Å². The number of hydrogen-bond donors (Lipinski definition) is 0. The van der Waals surface area contributed by atoms with Gasteiger partial charge >= 0.3 is 0 Å². The lowest BCUT2D eigenvalue weighted by Gasteiger charge is -2.05. The molecule has 0 aliphatic carbocycles. The van der Waals surface area contributed by atoms with Gasteiger partial charge in [-0.15, -0.1) is 0 Å². The first kappa shape index (κ1) is 12.8. The molecule has 0 radical (unpaired) electrons. The first-order chi connectivity index (χ1) is 8.59. The lowest BCUT2D eigenvalue weighted by atomic mass is 10.1. The lowest BCUT2D eigenvalue weighted by molar-refractivity contribution is 0.0983. The molecule has 2 rings (SSSR count). The maximum Gasteiger partial charge on any atom is 0.174 e. The summed E-state index contributed by atoms with van der Waals surface area (Å²) in [5.41, 5.74) is -0.0590. The van der Waals surface area contributed by atoms with Gasteiger partial charge in [0, 0.05) is 11.9 Å². The number of nitrogens with zero attached hydrogens (tertiary/aromatic N) is 1. The van der Waals surface area contributed by atoms with E-state index in [1.165, 1.54) is 12.3 Å². The number of hydrogen-bond acceptors (Lipinski definition) is 2. The van der Waals surface area contributed by atoms with E-state index in [-0.39, 0.29) is 10.9 Å². The third-order valence-electron chi connectivity index (χ3n) is 2.39. The number of rotatable bonds is 3. The highest BCUT2D eigenvalue weighted by Crippen LogP contribution is 2.22. The average Bonchev–Trinajstić information content (AvgIpc) is 2.36. The first-order valence-electron chi connectivity index (χ1n) is 5.16. The van der Waals surface area contributed by atoms with E-state index < -0.39 is 23.0 Å². The van der Waals surface area contributed by atoms with Gasteiger partial charge in [0.05, 0.1) is 16.5 Å². The highest BCUT2D eigenvalue weighted by molar-refractivity contribution is 9.10. The third kappa shape index (κ3) is 2.61. The SMILES string of the molecule is O=C(Cc1ccccn1)c1c(F)ccc(Br)c1F. The van der Waals surface area contributed by atoms with Crippen molar-refractivity contribution in [3.63, 3.8) is 0 Å². The van der Waals surface area contributed by atoms with Crippen LogP contribution in [0, 0.1) is 11.6 Å². The fraction of sp³-hybridized carbons (Fsp3) is 0.0769. The molecule has 1 aromatic carbocycles. The van der Waals surface area contributed by atoms with Crippen LogP contribution in [0.25, 0.3) is 0 Å². The van der Waals surface area contributed by atoms with E-state index in [0.717, 1.165) is 6.07 Å². The van der Waals surface area contributed by atoms with Crippen LogP contribution >= 0.6 is 15.9 Å². The zero-order valence-electron chi connectivity index (χ0n) is 9.16. The second-order valence-electron chi connectivity index (χ2n) is 3.64. The Labute approximate surface area is 111 Å². The molecule has 2 aromatic rings. The molecule has 0 aliphatic rings. The van der Waals surface area contributed by atoms with Gasteiger partial charge in [-0.2, -0.15) is 0 Å². The van der Waals surface area contributed by atoms with Crippen molar-refractivity contribution in [3.8, 4) is 0 Å². The maximum atomic E-state index is 13.7. The topological polar surface area (TPSA) is 30.0 Å². The minimum absolute atomic E-state index is 0.0632. The number of Topliss-reactive ketones (excluding diaryl/α,β-unsaturated/α-hetero) is 1. The van der Waals surface area contributed by atoms with Gasteiger partial charge in [0.15, 0.2) is 11.6 Å². The number of aromatic nitrogens is 1. The molecule has 1 aromatic heterocycles. The summed E-state index contributed by atoms with van der Waals surface area (Å²) in [5, 5.41) is 0. The number of carbonyl (C=O) groups excluding carboxylic acids is 1. The summed E-state index contributed by atoms with van der Waals surface area (Å²) in [5.74, 6) is -2.38. The van der Waals surface area contributed by atoms with Crippen molar-refractivity contribution < 1.29 is 13.6 Å². The molecule has 0 saturated heterocycles. The van der Waals surface area contributed by atoms with Gasteiger partial charge in [-0.25, -0.2) is 8.78 Å². The Balaban J connectivity index is 2.33. The Hall–Kier alpha value is -1.62. The molecule has 0 unspecified atom stereocenters. The Kier molecular flexibility index (Phi) is 3.81. The summed E-state index contributed by atoms with van der Waals surface area (Å²) in [6, 6.07) is 7.32. The van der Waals surface area contributed by atoms with Gasteiger partial charge in [-0.1, -0.05) is 6.07 Å². The highest BCUT2D eigenvalue weighted by Gasteiger charge is 2.20. The average molecular weight is 312 g/mol. The number of halogens is 3. The molecular formula is C13H8BrF2NO. The molecule has 0 amide bonds. The molecule has 0 saturated carbocycles. The third-order valence-corrected chi connectivity index (χ3v) is 3.00. The van der Waals surface area contributed by atoms with Gasteiger partial charge in [-0.05, 0) is 40.2 Å². The van der Waals surface area contributed by atoms with Crippen LogP contribution < -0.4 is 0 Å². The van der Waals surface area contributed by atoms with Crippen molar-refractivity contribution >= 4 is 21.7 Å². The molecule has 0 spiro atoms. The van der Waals surface area contributed by atoms with Crippen LogP contribution in [0.15, 0.2) is 41.0 Å². The zero-order valence-corrected chi connectivity index (χ0v) is 10.7. The van der Waals surface area contributed by atoms with E-state index in [9.17, 15) is 13.6 Å². The van der Waals surface area contributed by atoms with Crippen molar-refractivity contribution in [2.75, 3.05) is 0 Å². The van der Waals surface area contributed by atoms with Crippen LogP contribution in [-0.4, -0.2) is 10.8 Å². The molecular weight excluding hydrogens is 304 g/mol. The first-order valence-corrected chi connectivity index (χ1v) is 5.95. The van der Waals surface area contributed by atoms with Gasteiger partial charge in [0.1, 0.15) is 5.82 Å². The summed E-state index contributed by atoms with van der Waals surface area (Å²) in [4.78, 5) is 15.8. The fourth-order valence-corrected chi connectivity index (χ4v) is 1.87. The number of carbonyl (C=O) groups is 1. The van der Waals surface area contributed by atoms with Crippen molar-refractivity contribution in [1.82, 2.24) is 4.98 Å². The van der Waals surface area contributed by atoms with Gasteiger partial charge in [-0.3, -0.25) is 9.78 Å². The van der Waals surface area contributed by atoms with E-state index in [1.54, 1.807) is 18.2 Å². The summed E-state index contributed by atoms with van der Waals surface area (Å²) in [6.07, 6.45) is 1.39. The predicted octanol–water partition coefficient (Wildman–Crippen LogP) is 3.55. The van der Waals surface area contributed by atoms with E-state index in [2.05, 4.69) is 20.9 Å². The van der Waals surface area contributed by atoms with Crippen molar-refractivity contribution in [3.05, 3.63) is 63.9 Å². The predicted molar refractivity (Wildman–Crippen MR) is 66.3 cm³/mol. The normalized spacial score (nSPS) is 10.4. The Morgan fingerprint density at radius 3 is 2.67 bits per heavy atom. The number of ketones is 1. The standard InChI is InChI=1S/C13H8BrF2NO/c14-9-4-5-10(15)12(13(9)16)11(18)7-8-3-1-2-6-17-8/h1-6H,7H2. The minimum atomic E-state index is -0.879. The van der Waals surface area contributed by atoms with Crippen LogP contribution in [0.3, 0.4) is 0 Å². The lowest BCUT2D eigenvalue weighted by Crippen LogP contribution is -2.10. The quantitative estimate of drug-likeness (QED) is 0.641. The maximum absolute atomic E-state index is 13.7. The van der Waals surface area contributed by atoms with Gasteiger partial charge < -0.3 is 0 Å². The number of pyridine rings is 1. The second kappa shape index (κ2) is 5.35. The van der Waals surface area contributed by atoms with Crippen LogP contribution in [0.1, 0.15) is 16.1 Å². The van der Waals surface area contributed by atoms with E-state index in [0.29, 0.717) is 5.69 Å². The van der Waals surface area contributed by atoms with Crippen LogP contribution in [0.2, 0.25) is 0 Å². The van der Waals surface area contributed by atoms with Crippen molar-refractivity contribution in [2.45, 2.75) is 6.42 Å². The Morgan fingerprint density at radius 2 is 2.00 bits per heavy atom. The summed E-state index contributed by atoms with van der Waals surface area (Å²) >= 11 is 2.92. The van der Waals surface area contributed by atoms with Crippen LogP contribution in [-0.2, 0) is 6.42 Å². The molecule has 92 valence electrons. The Morgan fingerprint density at radius 1 is 1.22 bits per heavy atom. The molecule has 5 heteroatoms. The van der Waals surface area contributed by atoms with Crippen LogP contribution in [0.4, 0.5) is 8.78 Å². The summed E-state index contributed by atoms with van der Waals surface area (Å²) in [7, 11) is 0. The molecule has 2 nitrogen and oxygen atoms in total. The smallest absolute Gasteiger partial charge is 0.174 e. The molecule has 0 fully saturated rings. The number of benzene rings is 1. The Bertz CT molecular complexity index is 587. The van der Waals surface area contributed by atoms with Gasteiger partial charge in [0.2, 0.25) is 0 Å². The molecule has 0 bridgehead atoms. The highest BCUT2D eigenvalue weighted by atomic mass is 79.9. The molecule has 0 N–H and O–H groups in total. The molecule has 1 heterocycles. The van der Waals surface area contributed by atoms with Crippen LogP contribution in [0.5, 0.6) is 0 Å². The minimum Gasteiger partial charge on any atom is -0.294 e. The summed E-state index contributed by atoms with van der Waals surface area (Å²) < 4.78 is 27.2. The molecule has 18 heavy (non-hydrogen) atoms. The van der Waals surface area contributed by atoms with Gasteiger partial charge in [0.25, 0.3) is 0 Å². The van der Waals surface area contributed by atoms with E-state index >= 15 is 0 Å². The summed E-state index contributed by atoms with van der Waals surface area (Å²) in [6.45, 7) is 0.